The zero-order valence-electron chi connectivity index (χ0n) is 16.6. The molecule has 29 heavy (non-hydrogen) atoms. The maximum absolute atomic E-state index is 6.04. The lowest BCUT2D eigenvalue weighted by Gasteiger charge is -2.25. The molecule has 3 heterocycles. The lowest BCUT2D eigenvalue weighted by Crippen LogP contribution is -2.47. The number of halogens is 2. The number of fused-ring (bicyclic) bond motifs is 1. The van der Waals surface area contributed by atoms with Gasteiger partial charge in [-0.15, -0.1) is 24.0 Å². The first kappa shape index (κ1) is 23.6. The van der Waals surface area contributed by atoms with Crippen molar-refractivity contribution >= 4 is 41.5 Å². The van der Waals surface area contributed by atoms with E-state index in [-0.39, 0.29) is 30.0 Å². The highest BCUT2D eigenvalue weighted by molar-refractivity contribution is 14.0. The number of aromatic nitrogens is 4. The van der Waals surface area contributed by atoms with Crippen LogP contribution < -0.4 is 15.4 Å². The number of ether oxygens (including phenoxy) is 2. The van der Waals surface area contributed by atoms with Crippen molar-refractivity contribution in [3.05, 3.63) is 35.0 Å². The highest BCUT2D eigenvalue weighted by atomic mass is 127. The van der Waals surface area contributed by atoms with E-state index in [4.69, 9.17) is 21.1 Å². The predicted octanol–water partition coefficient (Wildman–Crippen LogP) is 2.04. The number of nitrogens with one attached hydrogen (secondary N) is 2. The van der Waals surface area contributed by atoms with Crippen molar-refractivity contribution in [2.75, 3.05) is 26.8 Å². The van der Waals surface area contributed by atoms with Gasteiger partial charge in [0.25, 0.3) is 0 Å². The van der Waals surface area contributed by atoms with E-state index in [9.17, 15) is 0 Å². The van der Waals surface area contributed by atoms with Crippen molar-refractivity contribution in [1.29, 1.82) is 0 Å². The molecule has 2 N–H and O–H groups in total. The van der Waals surface area contributed by atoms with E-state index < -0.39 is 0 Å². The topological polar surface area (TPSA) is 98.5 Å². The molecule has 2 aromatic rings. The van der Waals surface area contributed by atoms with E-state index >= 15 is 0 Å². The Labute approximate surface area is 192 Å². The van der Waals surface area contributed by atoms with Gasteiger partial charge in [0.2, 0.25) is 5.88 Å². The molecule has 0 aromatic carbocycles. The van der Waals surface area contributed by atoms with E-state index in [2.05, 4.69) is 30.7 Å². The Balaban J connectivity index is 0.00000300. The molecular weight excluding hydrogens is 509 g/mol. The van der Waals surface area contributed by atoms with Crippen molar-refractivity contribution in [2.24, 2.45) is 4.99 Å². The summed E-state index contributed by atoms with van der Waals surface area (Å²) in [6.45, 7) is 4.87. The van der Waals surface area contributed by atoms with Crippen molar-refractivity contribution in [3.8, 4) is 5.88 Å². The Hall–Kier alpha value is -1.66. The summed E-state index contributed by atoms with van der Waals surface area (Å²) < 4.78 is 12.7. The van der Waals surface area contributed by atoms with Crippen molar-refractivity contribution in [1.82, 2.24) is 30.4 Å². The van der Waals surface area contributed by atoms with Gasteiger partial charge in [-0.05, 0) is 25.5 Å². The summed E-state index contributed by atoms with van der Waals surface area (Å²) in [6, 6.07) is 3.75. The molecule has 0 fully saturated rings. The van der Waals surface area contributed by atoms with Crippen LogP contribution in [0.5, 0.6) is 5.88 Å². The van der Waals surface area contributed by atoms with E-state index in [0.29, 0.717) is 30.7 Å². The average molecular weight is 536 g/mol. The van der Waals surface area contributed by atoms with Crippen LogP contribution in [0.1, 0.15) is 25.0 Å². The molecule has 2 aromatic heterocycles. The molecule has 1 atom stereocenters. The largest absolute Gasteiger partial charge is 0.475 e. The first-order valence-corrected chi connectivity index (χ1v) is 9.77. The zero-order chi connectivity index (χ0) is 19.8. The van der Waals surface area contributed by atoms with Gasteiger partial charge in [0.1, 0.15) is 24.1 Å². The molecule has 0 radical (unpaired) electrons. The molecule has 9 nitrogen and oxygen atoms in total. The Morgan fingerprint density at radius 2 is 2.31 bits per heavy atom. The number of aryl methyl sites for hydroxylation is 1. The molecule has 0 saturated carbocycles. The minimum absolute atomic E-state index is 0. The Kier molecular flexibility index (Phi) is 9.88. The minimum Gasteiger partial charge on any atom is -0.475 e. The Morgan fingerprint density at radius 3 is 3.07 bits per heavy atom. The van der Waals surface area contributed by atoms with Gasteiger partial charge >= 0.3 is 0 Å². The van der Waals surface area contributed by atoms with Crippen LogP contribution in [0.15, 0.2) is 23.3 Å². The molecule has 0 amide bonds. The van der Waals surface area contributed by atoms with Crippen LogP contribution in [0, 0.1) is 0 Å². The number of guanidine groups is 1. The zero-order valence-corrected chi connectivity index (χ0v) is 19.7. The number of hydrogen-bond donors (Lipinski definition) is 2. The van der Waals surface area contributed by atoms with Crippen LogP contribution >= 0.6 is 35.6 Å². The number of aliphatic imine (C=N–C) groups is 1. The number of hydrogen-bond acceptors (Lipinski definition) is 6. The van der Waals surface area contributed by atoms with Gasteiger partial charge in [-0.2, -0.15) is 5.10 Å². The van der Waals surface area contributed by atoms with Crippen LogP contribution in [0.4, 0.5) is 0 Å². The molecule has 160 valence electrons. The first-order chi connectivity index (χ1) is 13.7. The number of rotatable bonds is 8. The van der Waals surface area contributed by atoms with Gasteiger partial charge in [0.15, 0.2) is 11.8 Å². The summed E-state index contributed by atoms with van der Waals surface area (Å²) in [5, 5.41) is 11.7. The highest BCUT2D eigenvalue weighted by Gasteiger charge is 2.22. The van der Waals surface area contributed by atoms with E-state index in [1.54, 1.807) is 25.4 Å². The van der Waals surface area contributed by atoms with Gasteiger partial charge in [-0.3, -0.25) is 0 Å². The lowest BCUT2D eigenvalue weighted by atomic mass is 10.1. The van der Waals surface area contributed by atoms with Crippen LogP contribution in [0.25, 0.3) is 0 Å². The molecular formula is C18H27ClIN7O2. The van der Waals surface area contributed by atoms with Gasteiger partial charge < -0.3 is 20.1 Å². The third-order valence-corrected chi connectivity index (χ3v) is 4.47. The molecule has 11 heteroatoms. The second-order valence-electron chi connectivity index (χ2n) is 6.34. The van der Waals surface area contributed by atoms with Crippen LogP contribution in [-0.2, 0) is 24.3 Å². The third-order valence-electron chi connectivity index (χ3n) is 4.19. The summed E-state index contributed by atoms with van der Waals surface area (Å²) in [7, 11) is 1.65. The van der Waals surface area contributed by atoms with Gasteiger partial charge in [0, 0.05) is 32.3 Å². The average Bonchev–Trinajstić information content (AvgIpc) is 3.08. The Bertz CT molecular complexity index is 802. The molecule has 0 spiro atoms. The summed E-state index contributed by atoms with van der Waals surface area (Å²) in [4.78, 5) is 13.2. The van der Waals surface area contributed by atoms with E-state index in [1.165, 1.54) is 0 Å². The summed E-state index contributed by atoms with van der Waals surface area (Å²) in [5.74, 6) is 2.91. The second-order valence-corrected chi connectivity index (χ2v) is 6.75. The van der Waals surface area contributed by atoms with Crippen molar-refractivity contribution < 1.29 is 9.47 Å². The van der Waals surface area contributed by atoms with Gasteiger partial charge in [-0.25, -0.2) is 19.6 Å². The van der Waals surface area contributed by atoms with Crippen molar-refractivity contribution in [3.63, 3.8) is 0 Å². The quantitative estimate of drug-likeness (QED) is 0.231. The smallest absolute Gasteiger partial charge is 0.232 e. The maximum atomic E-state index is 6.04. The predicted molar refractivity (Wildman–Crippen MR) is 122 cm³/mol. The van der Waals surface area contributed by atoms with Crippen molar-refractivity contribution in [2.45, 2.75) is 39.0 Å². The number of pyridine rings is 1. The van der Waals surface area contributed by atoms with Gasteiger partial charge in [0.05, 0.1) is 13.1 Å². The SMILES string of the molecule is CCNC(=NCCOc1ncccc1Cl)NC1CCc2nc(COC)nn2C1.I. The fourth-order valence-electron chi connectivity index (χ4n) is 2.96. The molecule has 3 rings (SSSR count). The minimum atomic E-state index is 0. The summed E-state index contributed by atoms with van der Waals surface area (Å²) in [6.07, 6.45) is 3.49. The fourth-order valence-corrected chi connectivity index (χ4v) is 3.14. The summed E-state index contributed by atoms with van der Waals surface area (Å²) >= 11 is 6.04. The molecule has 0 saturated heterocycles. The standard InChI is InChI=1S/C18H26ClN7O2.HI/c1-3-20-18(22-9-10-28-17-14(19)5-4-8-21-17)23-13-6-7-16-24-15(12-27-2)25-26(16)11-13;/h4-5,8,13H,3,6-7,9-12H2,1-2H3,(H2,20,22,23);1H. The highest BCUT2D eigenvalue weighted by Crippen LogP contribution is 2.19. The molecule has 1 unspecified atom stereocenters. The fraction of sp³-hybridized carbons (Fsp3) is 0.556. The monoisotopic (exact) mass is 535 g/mol. The third kappa shape index (κ3) is 6.96. The van der Waals surface area contributed by atoms with Gasteiger partial charge in [-0.1, -0.05) is 11.6 Å². The molecule has 1 aliphatic heterocycles. The van der Waals surface area contributed by atoms with Crippen LogP contribution in [0.2, 0.25) is 5.02 Å². The molecule has 1 aliphatic rings. The second kappa shape index (κ2) is 12.1. The van der Waals surface area contributed by atoms with E-state index in [1.807, 2.05) is 11.6 Å². The van der Waals surface area contributed by atoms with Crippen LogP contribution in [-0.4, -0.2) is 58.6 Å². The number of nitrogens with zero attached hydrogens (tertiary/aromatic N) is 5. The normalized spacial score (nSPS) is 16.0. The summed E-state index contributed by atoms with van der Waals surface area (Å²) in [5.41, 5.74) is 0. The Morgan fingerprint density at radius 1 is 1.45 bits per heavy atom. The molecule has 0 bridgehead atoms. The van der Waals surface area contributed by atoms with E-state index in [0.717, 1.165) is 43.5 Å². The number of methoxy groups -OCH3 is 1. The maximum Gasteiger partial charge on any atom is 0.232 e. The van der Waals surface area contributed by atoms with Crippen LogP contribution in [0.3, 0.4) is 0 Å². The molecule has 0 aliphatic carbocycles. The first-order valence-electron chi connectivity index (χ1n) is 9.39. The lowest BCUT2D eigenvalue weighted by molar-refractivity contribution is 0.177.